The van der Waals surface area contributed by atoms with Crippen molar-refractivity contribution < 1.29 is 18.4 Å². The Labute approximate surface area is 158 Å². The Morgan fingerprint density at radius 1 is 1.22 bits per heavy atom. The van der Waals surface area contributed by atoms with E-state index in [9.17, 15) is 14.0 Å². The van der Waals surface area contributed by atoms with Crippen LogP contribution >= 0.6 is 0 Å². The Balaban J connectivity index is 1.52. The number of furan rings is 1. The quantitative estimate of drug-likeness (QED) is 0.807. The van der Waals surface area contributed by atoms with Crippen molar-refractivity contribution in [3.63, 3.8) is 0 Å². The van der Waals surface area contributed by atoms with Gasteiger partial charge in [0, 0.05) is 39.8 Å². The predicted octanol–water partition coefficient (Wildman–Crippen LogP) is 2.22. The topological polar surface area (TPSA) is 57.0 Å². The van der Waals surface area contributed by atoms with E-state index in [4.69, 9.17) is 4.42 Å². The van der Waals surface area contributed by atoms with Crippen LogP contribution < -0.4 is 0 Å². The van der Waals surface area contributed by atoms with Gasteiger partial charge in [0.25, 0.3) is 5.91 Å². The summed E-state index contributed by atoms with van der Waals surface area (Å²) in [5.41, 5.74) is 1.30. The minimum atomic E-state index is -0.306. The maximum Gasteiger partial charge on any atom is 0.257 e. The van der Waals surface area contributed by atoms with E-state index in [-0.39, 0.29) is 23.7 Å². The summed E-state index contributed by atoms with van der Waals surface area (Å²) in [5.74, 6) is -0.376. The zero-order valence-electron chi connectivity index (χ0n) is 15.6. The van der Waals surface area contributed by atoms with Crippen molar-refractivity contribution in [3.05, 3.63) is 59.8 Å². The van der Waals surface area contributed by atoms with Crippen LogP contribution in [0.25, 0.3) is 0 Å². The van der Waals surface area contributed by atoms with E-state index in [1.54, 1.807) is 35.0 Å². The lowest BCUT2D eigenvalue weighted by Crippen LogP contribution is -2.55. The van der Waals surface area contributed by atoms with Gasteiger partial charge < -0.3 is 14.2 Å². The predicted molar refractivity (Wildman–Crippen MR) is 98.5 cm³/mol. The zero-order valence-corrected chi connectivity index (χ0v) is 15.6. The standard InChI is InChI=1S/C20H24FN3O3/c1-15(19(25)22(2)13-16-4-3-5-18(21)12-16)23-7-9-24(10-8-23)20(26)17-6-11-27-14-17/h3-6,11-12,14-15H,7-10,13H2,1-2H3. The van der Waals surface area contributed by atoms with E-state index in [2.05, 4.69) is 4.90 Å². The number of likely N-dealkylation sites (N-methyl/N-ethyl adjacent to an activating group) is 1. The second kappa shape index (κ2) is 8.35. The monoisotopic (exact) mass is 373 g/mol. The van der Waals surface area contributed by atoms with Crippen molar-refractivity contribution in [2.45, 2.75) is 19.5 Å². The van der Waals surface area contributed by atoms with Crippen molar-refractivity contribution in [3.8, 4) is 0 Å². The SMILES string of the molecule is CC(C(=O)N(C)Cc1cccc(F)c1)N1CCN(C(=O)c2ccoc2)CC1. The van der Waals surface area contributed by atoms with E-state index in [0.717, 1.165) is 5.56 Å². The van der Waals surface area contributed by atoms with Gasteiger partial charge >= 0.3 is 0 Å². The first-order valence-corrected chi connectivity index (χ1v) is 9.00. The van der Waals surface area contributed by atoms with Crippen LogP contribution in [0.3, 0.4) is 0 Å². The number of benzene rings is 1. The fraction of sp³-hybridized carbons (Fsp3) is 0.400. The van der Waals surface area contributed by atoms with Gasteiger partial charge in [-0.1, -0.05) is 12.1 Å². The number of hydrogen-bond acceptors (Lipinski definition) is 4. The number of halogens is 1. The number of amides is 2. The second-order valence-electron chi connectivity index (χ2n) is 6.84. The molecule has 2 heterocycles. The first-order valence-electron chi connectivity index (χ1n) is 9.00. The maximum atomic E-state index is 13.3. The van der Waals surface area contributed by atoms with Crippen LogP contribution in [0.5, 0.6) is 0 Å². The summed E-state index contributed by atoms with van der Waals surface area (Å²) in [6, 6.07) is 7.63. The molecule has 1 aliphatic heterocycles. The normalized spacial score (nSPS) is 16.2. The van der Waals surface area contributed by atoms with E-state index in [1.807, 2.05) is 6.92 Å². The largest absolute Gasteiger partial charge is 0.472 e. The average Bonchev–Trinajstić information content (AvgIpc) is 3.21. The molecule has 144 valence electrons. The number of carbonyl (C=O) groups excluding carboxylic acids is 2. The molecule has 1 aromatic heterocycles. The summed E-state index contributed by atoms with van der Waals surface area (Å²) in [7, 11) is 1.72. The number of rotatable bonds is 5. The van der Waals surface area contributed by atoms with Gasteiger partial charge in [-0.15, -0.1) is 0 Å². The Hall–Kier alpha value is -2.67. The fourth-order valence-corrected chi connectivity index (χ4v) is 3.34. The smallest absolute Gasteiger partial charge is 0.257 e. The minimum Gasteiger partial charge on any atom is -0.472 e. The molecule has 2 aromatic rings. The number of nitrogens with zero attached hydrogens (tertiary/aromatic N) is 3. The summed E-state index contributed by atoms with van der Waals surface area (Å²) in [6.45, 7) is 4.62. The number of piperazine rings is 1. The second-order valence-corrected chi connectivity index (χ2v) is 6.84. The molecule has 0 aliphatic carbocycles. The van der Waals surface area contributed by atoms with Crippen LogP contribution in [0.2, 0.25) is 0 Å². The lowest BCUT2D eigenvalue weighted by atomic mass is 10.1. The molecule has 3 rings (SSSR count). The molecule has 0 radical (unpaired) electrons. The van der Waals surface area contributed by atoms with Crippen LogP contribution in [0.15, 0.2) is 47.3 Å². The molecule has 1 saturated heterocycles. The zero-order chi connectivity index (χ0) is 19.4. The molecule has 2 amide bonds. The molecule has 1 unspecified atom stereocenters. The van der Waals surface area contributed by atoms with Gasteiger partial charge in [-0.25, -0.2) is 4.39 Å². The Bertz CT molecular complexity index is 786. The molecule has 1 aliphatic rings. The van der Waals surface area contributed by atoms with Crippen LogP contribution in [0.4, 0.5) is 4.39 Å². The lowest BCUT2D eigenvalue weighted by molar-refractivity contribution is -0.136. The molecular formula is C20H24FN3O3. The van der Waals surface area contributed by atoms with Crippen LogP contribution in [0, 0.1) is 5.82 Å². The van der Waals surface area contributed by atoms with Gasteiger partial charge in [-0.05, 0) is 30.7 Å². The molecule has 1 aromatic carbocycles. The highest BCUT2D eigenvalue weighted by Crippen LogP contribution is 2.14. The Morgan fingerprint density at radius 2 is 1.96 bits per heavy atom. The highest BCUT2D eigenvalue weighted by Gasteiger charge is 2.29. The third kappa shape index (κ3) is 4.54. The van der Waals surface area contributed by atoms with Crippen molar-refractivity contribution in [2.24, 2.45) is 0 Å². The first kappa shape index (κ1) is 19.1. The van der Waals surface area contributed by atoms with Gasteiger partial charge in [-0.3, -0.25) is 14.5 Å². The van der Waals surface area contributed by atoms with Gasteiger partial charge in [-0.2, -0.15) is 0 Å². The van der Waals surface area contributed by atoms with Gasteiger partial charge in [0.2, 0.25) is 5.91 Å². The van der Waals surface area contributed by atoms with Crippen molar-refractivity contribution in [2.75, 3.05) is 33.2 Å². The van der Waals surface area contributed by atoms with E-state index >= 15 is 0 Å². The molecule has 0 spiro atoms. The van der Waals surface area contributed by atoms with Crippen molar-refractivity contribution >= 4 is 11.8 Å². The van der Waals surface area contributed by atoms with E-state index in [1.165, 1.54) is 24.7 Å². The van der Waals surface area contributed by atoms with Gasteiger partial charge in [0.05, 0.1) is 17.9 Å². The molecule has 1 fully saturated rings. The molecule has 6 nitrogen and oxygen atoms in total. The minimum absolute atomic E-state index is 0.0196. The first-order chi connectivity index (χ1) is 13.0. The highest BCUT2D eigenvalue weighted by atomic mass is 19.1. The van der Waals surface area contributed by atoms with Crippen LogP contribution in [0.1, 0.15) is 22.8 Å². The summed E-state index contributed by atoms with van der Waals surface area (Å²) in [4.78, 5) is 30.5. The average molecular weight is 373 g/mol. The fourth-order valence-electron chi connectivity index (χ4n) is 3.34. The third-order valence-corrected chi connectivity index (χ3v) is 4.96. The molecule has 7 heteroatoms. The van der Waals surface area contributed by atoms with Crippen LogP contribution in [-0.2, 0) is 11.3 Å². The summed E-state index contributed by atoms with van der Waals surface area (Å²) in [5, 5.41) is 0. The van der Waals surface area contributed by atoms with Gasteiger partial charge in [0.1, 0.15) is 12.1 Å². The van der Waals surface area contributed by atoms with Crippen molar-refractivity contribution in [1.29, 1.82) is 0 Å². The molecule has 0 bridgehead atoms. The highest BCUT2D eigenvalue weighted by molar-refractivity contribution is 5.93. The Kier molecular flexibility index (Phi) is 5.91. The van der Waals surface area contributed by atoms with Crippen molar-refractivity contribution in [1.82, 2.24) is 14.7 Å². The summed E-state index contributed by atoms with van der Waals surface area (Å²) in [6.07, 6.45) is 2.93. The number of carbonyl (C=O) groups is 2. The molecule has 0 N–H and O–H groups in total. The van der Waals surface area contributed by atoms with Gasteiger partial charge in [0.15, 0.2) is 0 Å². The Morgan fingerprint density at radius 3 is 2.59 bits per heavy atom. The molecule has 1 atom stereocenters. The lowest BCUT2D eigenvalue weighted by Gasteiger charge is -2.38. The van der Waals surface area contributed by atoms with Crippen LogP contribution in [-0.4, -0.2) is 65.8 Å². The third-order valence-electron chi connectivity index (χ3n) is 4.96. The van der Waals surface area contributed by atoms with E-state index < -0.39 is 0 Å². The summed E-state index contributed by atoms with van der Waals surface area (Å²) >= 11 is 0. The molecular weight excluding hydrogens is 349 g/mol. The maximum absolute atomic E-state index is 13.3. The number of hydrogen-bond donors (Lipinski definition) is 0. The summed E-state index contributed by atoms with van der Waals surface area (Å²) < 4.78 is 18.3. The molecule has 0 saturated carbocycles. The van der Waals surface area contributed by atoms with E-state index in [0.29, 0.717) is 38.3 Å². The molecule has 27 heavy (non-hydrogen) atoms.